The Hall–Kier alpha value is -1.16. The molecule has 0 radical (unpaired) electrons. The van der Waals surface area contributed by atoms with Gasteiger partial charge in [0.1, 0.15) is 0 Å². The molecule has 1 heterocycles. The average molecular weight is 240 g/mol. The molecule has 0 aromatic carbocycles. The Bertz CT molecular complexity index is 379. The molecular weight excluding hydrogens is 224 g/mol. The van der Waals surface area contributed by atoms with Crippen molar-refractivity contribution in [2.45, 2.75) is 26.7 Å². The fourth-order valence-corrected chi connectivity index (χ4v) is 2.25. The number of esters is 1. The molecule has 16 heavy (non-hydrogen) atoms. The van der Waals surface area contributed by atoms with Crippen molar-refractivity contribution in [3.8, 4) is 0 Å². The number of ether oxygens (including phenoxy) is 1. The van der Waals surface area contributed by atoms with Crippen LogP contribution in [-0.4, -0.2) is 18.9 Å². The van der Waals surface area contributed by atoms with E-state index < -0.39 is 0 Å². The van der Waals surface area contributed by atoms with Gasteiger partial charge in [0.15, 0.2) is 5.78 Å². The Morgan fingerprint density at radius 3 is 2.62 bits per heavy atom. The SMILES string of the molecule is COC(=O)Cc1ccc(C(=O)CC(C)C)s1. The highest BCUT2D eigenvalue weighted by molar-refractivity contribution is 7.14. The van der Waals surface area contributed by atoms with Crippen LogP contribution in [0, 0.1) is 5.92 Å². The number of Topliss-reactive ketones (excluding diaryl/α,β-unsaturated/α-hetero) is 1. The number of hydrogen-bond donors (Lipinski definition) is 0. The Morgan fingerprint density at radius 2 is 2.06 bits per heavy atom. The van der Waals surface area contributed by atoms with Crippen molar-refractivity contribution in [2.75, 3.05) is 7.11 Å². The number of hydrogen-bond acceptors (Lipinski definition) is 4. The topological polar surface area (TPSA) is 43.4 Å². The van der Waals surface area contributed by atoms with Gasteiger partial charge >= 0.3 is 5.97 Å². The van der Waals surface area contributed by atoms with Crippen molar-refractivity contribution in [3.05, 3.63) is 21.9 Å². The summed E-state index contributed by atoms with van der Waals surface area (Å²) in [5, 5.41) is 0. The van der Waals surface area contributed by atoms with Crippen LogP contribution in [0.2, 0.25) is 0 Å². The lowest BCUT2D eigenvalue weighted by atomic mass is 10.1. The monoisotopic (exact) mass is 240 g/mol. The normalized spacial score (nSPS) is 10.5. The molecule has 0 saturated carbocycles. The van der Waals surface area contributed by atoms with E-state index in [-0.39, 0.29) is 18.2 Å². The fraction of sp³-hybridized carbons (Fsp3) is 0.500. The van der Waals surface area contributed by atoms with E-state index in [1.165, 1.54) is 18.4 Å². The summed E-state index contributed by atoms with van der Waals surface area (Å²) >= 11 is 1.38. The third-order valence-electron chi connectivity index (χ3n) is 2.08. The van der Waals surface area contributed by atoms with Gasteiger partial charge in [-0.25, -0.2) is 0 Å². The summed E-state index contributed by atoms with van der Waals surface area (Å²) in [6, 6.07) is 3.60. The molecular formula is C12H16O3S. The molecule has 0 amide bonds. The molecule has 0 aliphatic rings. The van der Waals surface area contributed by atoms with Gasteiger partial charge in [-0.3, -0.25) is 9.59 Å². The predicted molar refractivity (Wildman–Crippen MR) is 63.8 cm³/mol. The van der Waals surface area contributed by atoms with Gasteiger partial charge in [-0.15, -0.1) is 11.3 Å². The van der Waals surface area contributed by atoms with E-state index in [1.54, 1.807) is 6.07 Å². The van der Waals surface area contributed by atoms with Crippen molar-refractivity contribution >= 4 is 23.1 Å². The van der Waals surface area contributed by atoms with Gasteiger partial charge in [0.25, 0.3) is 0 Å². The molecule has 0 bridgehead atoms. The van der Waals surface area contributed by atoms with E-state index in [0.29, 0.717) is 12.3 Å². The highest BCUT2D eigenvalue weighted by Crippen LogP contribution is 2.20. The molecule has 88 valence electrons. The van der Waals surface area contributed by atoms with Crippen molar-refractivity contribution in [1.82, 2.24) is 0 Å². The first kappa shape index (κ1) is 12.9. The molecule has 4 heteroatoms. The molecule has 0 saturated heterocycles. The molecule has 0 aliphatic carbocycles. The second-order valence-corrected chi connectivity index (χ2v) is 5.21. The summed E-state index contributed by atoms with van der Waals surface area (Å²) in [4.78, 5) is 24.4. The van der Waals surface area contributed by atoms with Crippen LogP contribution >= 0.6 is 11.3 Å². The third-order valence-corrected chi connectivity index (χ3v) is 3.20. The van der Waals surface area contributed by atoms with Gasteiger partial charge in [-0.2, -0.15) is 0 Å². The summed E-state index contributed by atoms with van der Waals surface area (Å²) in [5.41, 5.74) is 0. The number of methoxy groups -OCH3 is 1. The molecule has 0 N–H and O–H groups in total. The fourth-order valence-electron chi connectivity index (χ4n) is 1.31. The lowest BCUT2D eigenvalue weighted by molar-refractivity contribution is -0.139. The molecule has 3 nitrogen and oxygen atoms in total. The van der Waals surface area contributed by atoms with Gasteiger partial charge in [-0.1, -0.05) is 13.8 Å². The zero-order valence-corrected chi connectivity index (χ0v) is 10.6. The van der Waals surface area contributed by atoms with Crippen LogP contribution in [0.4, 0.5) is 0 Å². The molecule has 1 rings (SSSR count). The van der Waals surface area contributed by atoms with E-state index in [1.807, 2.05) is 19.9 Å². The van der Waals surface area contributed by atoms with Gasteiger partial charge in [-0.05, 0) is 18.1 Å². The van der Waals surface area contributed by atoms with Crippen LogP contribution < -0.4 is 0 Å². The van der Waals surface area contributed by atoms with Gasteiger partial charge < -0.3 is 4.74 Å². The first-order chi connectivity index (χ1) is 7.52. The van der Waals surface area contributed by atoms with E-state index in [0.717, 1.165) is 9.75 Å². The van der Waals surface area contributed by atoms with E-state index in [9.17, 15) is 9.59 Å². The first-order valence-corrected chi connectivity index (χ1v) is 6.03. The average Bonchev–Trinajstić information content (AvgIpc) is 2.65. The van der Waals surface area contributed by atoms with Crippen molar-refractivity contribution in [1.29, 1.82) is 0 Å². The first-order valence-electron chi connectivity index (χ1n) is 5.21. The summed E-state index contributed by atoms with van der Waals surface area (Å²) < 4.78 is 4.57. The number of thiophene rings is 1. The van der Waals surface area contributed by atoms with Gasteiger partial charge in [0, 0.05) is 11.3 Å². The smallest absolute Gasteiger partial charge is 0.310 e. The minimum Gasteiger partial charge on any atom is -0.469 e. The number of rotatable bonds is 5. The minimum atomic E-state index is -0.273. The van der Waals surface area contributed by atoms with Crippen molar-refractivity contribution < 1.29 is 14.3 Å². The van der Waals surface area contributed by atoms with E-state index in [2.05, 4.69) is 4.74 Å². The van der Waals surface area contributed by atoms with E-state index in [4.69, 9.17) is 0 Å². The molecule has 0 spiro atoms. The highest BCUT2D eigenvalue weighted by atomic mass is 32.1. The van der Waals surface area contributed by atoms with E-state index >= 15 is 0 Å². The maximum atomic E-state index is 11.7. The lowest BCUT2D eigenvalue weighted by Crippen LogP contribution is -2.03. The standard InChI is InChI=1S/C12H16O3S/c1-8(2)6-10(13)11-5-4-9(16-11)7-12(14)15-3/h4-5,8H,6-7H2,1-3H3. The molecule has 1 aromatic rings. The summed E-state index contributed by atoms with van der Waals surface area (Å²) in [7, 11) is 1.36. The number of carbonyl (C=O) groups excluding carboxylic acids is 2. The van der Waals surface area contributed by atoms with Crippen LogP contribution in [0.1, 0.15) is 34.8 Å². The summed E-state index contributed by atoms with van der Waals surface area (Å²) in [6.07, 6.45) is 0.800. The third kappa shape index (κ3) is 3.77. The van der Waals surface area contributed by atoms with Gasteiger partial charge in [0.05, 0.1) is 18.4 Å². The molecule has 0 fully saturated rings. The Kier molecular flexibility index (Phi) is 4.68. The lowest BCUT2D eigenvalue weighted by Gasteiger charge is -2.00. The Balaban J connectivity index is 2.64. The zero-order valence-electron chi connectivity index (χ0n) is 9.78. The summed E-state index contributed by atoms with van der Waals surface area (Å²) in [5.74, 6) is 0.236. The molecule has 0 unspecified atom stereocenters. The maximum Gasteiger partial charge on any atom is 0.310 e. The maximum absolute atomic E-state index is 11.7. The van der Waals surface area contributed by atoms with Crippen LogP contribution in [0.15, 0.2) is 12.1 Å². The quantitative estimate of drug-likeness (QED) is 0.587. The summed E-state index contributed by atoms with van der Waals surface area (Å²) in [6.45, 7) is 4.03. The number of ketones is 1. The van der Waals surface area contributed by atoms with Crippen molar-refractivity contribution in [2.24, 2.45) is 5.92 Å². The van der Waals surface area contributed by atoms with Crippen LogP contribution in [0.25, 0.3) is 0 Å². The highest BCUT2D eigenvalue weighted by Gasteiger charge is 2.12. The van der Waals surface area contributed by atoms with Crippen LogP contribution in [-0.2, 0) is 16.0 Å². The largest absolute Gasteiger partial charge is 0.469 e. The second-order valence-electron chi connectivity index (χ2n) is 4.04. The van der Waals surface area contributed by atoms with Crippen LogP contribution in [0.5, 0.6) is 0 Å². The molecule has 0 atom stereocenters. The minimum absolute atomic E-state index is 0.149. The molecule has 0 aliphatic heterocycles. The molecule has 1 aromatic heterocycles. The van der Waals surface area contributed by atoms with Crippen molar-refractivity contribution in [3.63, 3.8) is 0 Å². The predicted octanol–water partition coefficient (Wildman–Crippen LogP) is 2.69. The second kappa shape index (κ2) is 5.80. The zero-order chi connectivity index (χ0) is 12.1. The van der Waals surface area contributed by atoms with Crippen LogP contribution in [0.3, 0.4) is 0 Å². The Labute approximate surface area is 99.4 Å². The Morgan fingerprint density at radius 1 is 1.38 bits per heavy atom. The number of carbonyl (C=O) groups is 2. The van der Waals surface area contributed by atoms with Gasteiger partial charge in [0.2, 0.25) is 0 Å².